The van der Waals surface area contributed by atoms with Crippen molar-refractivity contribution < 1.29 is 9.47 Å². The maximum absolute atomic E-state index is 5.89. The molecule has 3 nitrogen and oxygen atoms in total. The van der Waals surface area contributed by atoms with E-state index in [4.69, 9.17) is 21.1 Å². The number of pyridine rings is 1. The summed E-state index contributed by atoms with van der Waals surface area (Å²) in [4.78, 5) is 3.97. The number of benzene rings is 1. The quantitative estimate of drug-likeness (QED) is 0.726. The Morgan fingerprint density at radius 2 is 2.00 bits per heavy atom. The highest BCUT2D eigenvalue weighted by Crippen LogP contribution is 2.39. The first kappa shape index (κ1) is 10.4. The van der Waals surface area contributed by atoms with Crippen LogP contribution in [0.5, 0.6) is 11.5 Å². The predicted molar refractivity (Wildman–Crippen MR) is 65.7 cm³/mol. The third kappa shape index (κ3) is 1.94. The molecule has 0 fully saturated rings. The summed E-state index contributed by atoms with van der Waals surface area (Å²) in [7, 11) is 0. The molecule has 0 aliphatic carbocycles. The molecule has 0 saturated heterocycles. The van der Waals surface area contributed by atoms with Crippen LogP contribution in [-0.4, -0.2) is 18.2 Å². The Labute approximate surface area is 104 Å². The molecular weight excluding hydrogens is 238 g/mol. The van der Waals surface area contributed by atoms with Crippen molar-refractivity contribution in [2.45, 2.75) is 0 Å². The minimum absolute atomic E-state index is 0.469. The Morgan fingerprint density at radius 1 is 1.12 bits per heavy atom. The molecular formula is C13H10ClNO2. The van der Waals surface area contributed by atoms with E-state index in [1.54, 1.807) is 6.20 Å². The molecule has 3 rings (SSSR count). The van der Waals surface area contributed by atoms with Crippen LogP contribution in [0.2, 0.25) is 5.15 Å². The van der Waals surface area contributed by atoms with Gasteiger partial charge in [-0.25, -0.2) is 4.98 Å². The van der Waals surface area contributed by atoms with Gasteiger partial charge in [-0.15, -0.1) is 0 Å². The van der Waals surface area contributed by atoms with Crippen molar-refractivity contribution in [2.24, 2.45) is 0 Å². The van der Waals surface area contributed by atoms with Crippen LogP contribution >= 0.6 is 11.6 Å². The van der Waals surface area contributed by atoms with Crippen LogP contribution in [0.3, 0.4) is 0 Å². The number of aromatic nitrogens is 1. The third-order valence-corrected chi connectivity index (χ3v) is 2.81. The number of hydrogen-bond acceptors (Lipinski definition) is 3. The van der Waals surface area contributed by atoms with Gasteiger partial charge in [-0.1, -0.05) is 23.7 Å². The molecule has 0 unspecified atom stereocenters. The van der Waals surface area contributed by atoms with Gasteiger partial charge in [-0.05, 0) is 23.8 Å². The van der Waals surface area contributed by atoms with Crippen molar-refractivity contribution in [2.75, 3.05) is 13.2 Å². The molecule has 0 bridgehead atoms. The average Bonchev–Trinajstić information content (AvgIpc) is 2.38. The van der Waals surface area contributed by atoms with Gasteiger partial charge in [0.15, 0.2) is 11.5 Å². The lowest BCUT2D eigenvalue weighted by Gasteiger charge is -2.21. The highest BCUT2D eigenvalue weighted by atomic mass is 35.5. The van der Waals surface area contributed by atoms with E-state index in [0.717, 1.165) is 22.6 Å². The molecule has 86 valence electrons. The van der Waals surface area contributed by atoms with Gasteiger partial charge < -0.3 is 9.47 Å². The zero-order valence-electron chi connectivity index (χ0n) is 9.02. The molecule has 2 heterocycles. The molecule has 0 amide bonds. The van der Waals surface area contributed by atoms with Gasteiger partial charge in [0.25, 0.3) is 0 Å². The number of halogens is 1. The van der Waals surface area contributed by atoms with Crippen molar-refractivity contribution in [1.29, 1.82) is 0 Å². The smallest absolute Gasteiger partial charge is 0.169 e. The highest BCUT2D eigenvalue weighted by molar-refractivity contribution is 6.29. The van der Waals surface area contributed by atoms with Gasteiger partial charge in [0.2, 0.25) is 0 Å². The van der Waals surface area contributed by atoms with Gasteiger partial charge in [0, 0.05) is 11.8 Å². The molecule has 1 aromatic carbocycles. The van der Waals surface area contributed by atoms with Gasteiger partial charge in [0.1, 0.15) is 18.4 Å². The number of ether oxygens (including phenoxy) is 2. The maximum atomic E-state index is 5.89. The van der Waals surface area contributed by atoms with Crippen LogP contribution in [0.15, 0.2) is 36.5 Å². The Bertz CT molecular complexity index is 557. The molecule has 0 N–H and O–H groups in total. The number of para-hydroxylation sites is 1. The molecule has 1 aromatic heterocycles. The van der Waals surface area contributed by atoms with E-state index in [1.165, 1.54) is 0 Å². The third-order valence-electron chi connectivity index (χ3n) is 2.60. The average molecular weight is 248 g/mol. The summed E-state index contributed by atoms with van der Waals surface area (Å²) >= 11 is 5.89. The lowest BCUT2D eigenvalue weighted by molar-refractivity contribution is 0.172. The normalized spacial score (nSPS) is 13.5. The van der Waals surface area contributed by atoms with Crippen LogP contribution in [0, 0.1) is 0 Å². The Kier molecular flexibility index (Phi) is 2.61. The number of fused-ring (bicyclic) bond motifs is 1. The summed E-state index contributed by atoms with van der Waals surface area (Å²) in [5, 5.41) is 0.469. The van der Waals surface area contributed by atoms with Crippen molar-refractivity contribution in [3.8, 4) is 22.6 Å². The van der Waals surface area contributed by atoms with E-state index in [2.05, 4.69) is 4.98 Å². The number of rotatable bonds is 1. The van der Waals surface area contributed by atoms with E-state index >= 15 is 0 Å². The topological polar surface area (TPSA) is 31.4 Å². The van der Waals surface area contributed by atoms with Crippen LogP contribution in [0.25, 0.3) is 11.1 Å². The molecule has 0 spiro atoms. The van der Waals surface area contributed by atoms with E-state index in [0.29, 0.717) is 18.4 Å². The fourth-order valence-electron chi connectivity index (χ4n) is 1.87. The Balaban J connectivity index is 2.14. The molecule has 2 aromatic rings. The summed E-state index contributed by atoms with van der Waals surface area (Å²) < 4.78 is 11.2. The van der Waals surface area contributed by atoms with Gasteiger partial charge >= 0.3 is 0 Å². The van der Waals surface area contributed by atoms with Crippen LogP contribution in [0.4, 0.5) is 0 Å². The Hall–Kier alpha value is -1.74. The molecule has 1 aliphatic rings. The SMILES string of the molecule is Clc1cc(-c2cccc3c2OCCO3)ccn1. The fourth-order valence-corrected chi connectivity index (χ4v) is 2.04. The largest absolute Gasteiger partial charge is 0.486 e. The summed E-state index contributed by atoms with van der Waals surface area (Å²) in [6.07, 6.45) is 1.68. The molecule has 4 heteroatoms. The van der Waals surface area contributed by atoms with Crippen LogP contribution in [-0.2, 0) is 0 Å². The minimum atomic E-state index is 0.469. The minimum Gasteiger partial charge on any atom is -0.486 e. The van der Waals surface area contributed by atoms with Gasteiger partial charge in [0.05, 0.1) is 0 Å². The highest BCUT2D eigenvalue weighted by Gasteiger charge is 2.16. The van der Waals surface area contributed by atoms with Crippen LogP contribution in [0.1, 0.15) is 0 Å². The molecule has 0 atom stereocenters. The lowest BCUT2D eigenvalue weighted by atomic mass is 10.1. The van der Waals surface area contributed by atoms with Crippen molar-refractivity contribution in [1.82, 2.24) is 4.98 Å². The van der Waals surface area contributed by atoms with Crippen molar-refractivity contribution >= 4 is 11.6 Å². The zero-order valence-corrected chi connectivity index (χ0v) is 9.78. The van der Waals surface area contributed by atoms with Crippen LogP contribution < -0.4 is 9.47 Å². The zero-order chi connectivity index (χ0) is 11.7. The fraction of sp³-hybridized carbons (Fsp3) is 0.154. The standard InChI is InChI=1S/C13H10ClNO2/c14-12-8-9(4-5-15-12)10-2-1-3-11-13(10)17-7-6-16-11/h1-5,8H,6-7H2. The maximum Gasteiger partial charge on any atom is 0.169 e. The first-order chi connectivity index (χ1) is 8.34. The monoisotopic (exact) mass is 247 g/mol. The molecule has 1 aliphatic heterocycles. The first-order valence-corrected chi connectivity index (χ1v) is 5.73. The molecule has 0 radical (unpaired) electrons. The van der Waals surface area contributed by atoms with E-state index in [-0.39, 0.29) is 0 Å². The number of hydrogen-bond donors (Lipinski definition) is 0. The van der Waals surface area contributed by atoms with Crippen molar-refractivity contribution in [3.05, 3.63) is 41.7 Å². The second kappa shape index (κ2) is 4.26. The van der Waals surface area contributed by atoms with Gasteiger partial charge in [-0.3, -0.25) is 0 Å². The van der Waals surface area contributed by atoms with E-state index in [9.17, 15) is 0 Å². The van der Waals surface area contributed by atoms with Gasteiger partial charge in [-0.2, -0.15) is 0 Å². The van der Waals surface area contributed by atoms with E-state index < -0.39 is 0 Å². The lowest BCUT2D eigenvalue weighted by Crippen LogP contribution is -2.15. The predicted octanol–water partition coefficient (Wildman–Crippen LogP) is 3.17. The summed E-state index contributed by atoms with van der Waals surface area (Å²) in [6.45, 7) is 1.16. The van der Waals surface area contributed by atoms with Crippen molar-refractivity contribution in [3.63, 3.8) is 0 Å². The second-order valence-corrected chi connectivity index (χ2v) is 4.08. The molecule has 0 saturated carbocycles. The second-order valence-electron chi connectivity index (χ2n) is 3.70. The molecule has 17 heavy (non-hydrogen) atoms. The van der Waals surface area contributed by atoms with E-state index in [1.807, 2.05) is 30.3 Å². The first-order valence-electron chi connectivity index (χ1n) is 5.35. The summed E-state index contributed by atoms with van der Waals surface area (Å²) in [6, 6.07) is 9.55. The Morgan fingerprint density at radius 3 is 2.88 bits per heavy atom. The summed E-state index contributed by atoms with van der Waals surface area (Å²) in [5.74, 6) is 1.56. The number of nitrogens with zero attached hydrogens (tertiary/aromatic N) is 1. The summed E-state index contributed by atoms with van der Waals surface area (Å²) in [5.41, 5.74) is 1.96.